The number of amides is 1. The van der Waals surface area contributed by atoms with E-state index < -0.39 is 0 Å². The third kappa shape index (κ3) is 6.31. The van der Waals surface area contributed by atoms with Crippen molar-refractivity contribution in [3.63, 3.8) is 0 Å². The Balaban J connectivity index is 0.00000312. The number of piperidine rings is 1. The van der Waals surface area contributed by atoms with Gasteiger partial charge in [0, 0.05) is 25.4 Å². The van der Waals surface area contributed by atoms with Crippen molar-refractivity contribution in [1.82, 2.24) is 10.2 Å². The van der Waals surface area contributed by atoms with E-state index in [1.165, 1.54) is 24.0 Å². The van der Waals surface area contributed by atoms with Gasteiger partial charge in [-0.3, -0.25) is 4.79 Å². The van der Waals surface area contributed by atoms with E-state index in [9.17, 15) is 4.79 Å². The number of carbonyl (C=O) groups excluding carboxylic acids is 1. The van der Waals surface area contributed by atoms with E-state index in [0.29, 0.717) is 18.3 Å². The number of likely N-dealkylation sites (N-methyl/N-ethyl adjacent to an activating group) is 1. The van der Waals surface area contributed by atoms with Crippen molar-refractivity contribution in [3.8, 4) is 0 Å². The largest absolute Gasteiger partial charge is 0.345 e. The molecule has 1 saturated heterocycles. The van der Waals surface area contributed by atoms with Gasteiger partial charge in [-0.2, -0.15) is 0 Å². The van der Waals surface area contributed by atoms with Crippen molar-refractivity contribution in [3.05, 3.63) is 35.4 Å². The zero-order chi connectivity index (χ0) is 17.7. The molecule has 142 valence electrons. The van der Waals surface area contributed by atoms with E-state index in [1.807, 2.05) is 11.9 Å². The van der Waals surface area contributed by atoms with Gasteiger partial charge in [0.15, 0.2) is 0 Å². The van der Waals surface area contributed by atoms with Gasteiger partial charge in [0.2, 0.25) is 5.91 Å². The van der Waals surface area contributed by atoms with Crippen LogP contribution in [0.4, 0.5) is 0 Å². The molecule has 1 fully saturated rings. The molecular formula is C21H35ClN2O. The Kier molecular flexibility index (Phi) is 8.43. The molecule has 1 atom stereocenters. The lowest BCUT2D eigenvalue weighted by Crippen LogP contribution is -2.40. The zero-order valence-corrected chi connectivity index (χ0v) is 17.3. The van der Waals surface area contributed by atoms with Crippen molar-refractivity contribution in [1.29, 1.82) is 0 Å². The second-order valence-corrected chi connectivity index (χ2v) is 8.27. The van der Waals surface area contributed by atoms with Crippen LogP contribution in [0.3, 0.4) is 0 Å². The Morgan fingerprint density at radius 2 is 1.80 bits per heavy atom. The van der Waals surface area contributed by atoms with Crippen LogP contribution in [0.2, 0.25) is 0 Å². The third-order valence-corrected chi connectivity index (χ3v) is 5.58. The molecule has 1 N–H and O–H groups in total. The summed E-state index contributed by atoms with van der Waals surface area (Å²) in [6.07, 6.45) is 3.07. The van der Waals surface area contributed by atoms with Gasteiger partial charge in [0.25, 0.3) is 0 Å². The maximum Gasteiger partial charge on any atom is 0.222 e. The summed E-state index contributed by atoms with van der Waals surface area (Å²) >= 11 is 0. The fourth-order valence-electron chi connectivity index (χ4n) is 3.79. The van der Waals surface area contributed by atoms with Crippen molar-refractivity contribution in [2.45, 2.75) is 52.4 Å². The standard InChI is InChI=1S/C21H34N2O.ClH/c1-16-6-8-19(9-7-16)21(3,4)15-23(5)20(24)14-17(2)18-10-12-22-13-11-18;/h6-9,17-18,22H,10-15H2,1-5H3;1H. The van der Waals surface area contributed by atoms with Gasteiger partial charge in [0.1, 0.15) is 0 Å². The van der Waals surface area contributed by atoms with Crippen LogP contribution in [0, 0.1) is 18.8 Å². The van der Waals surface area contributed by atoms with E-state index >= 15 is 0 Å². The number of halogens is 1. The highest BCUT2D eigenvalue weighted by Gasteiger charge is 2.27. The number of hydrogen-bond donors (Lipinski definition) is 1. The summed E-state index contributed by atoms with van der Waals surface area (Å²) in [7, 11) is 1.95. The van der Waals surface area contributed by atoms with E-state index in [1.54, 1.807) is 0 Å². The summed E-state index contributed by atoms with van der Waals surface area (Å²) in [4.78, 5) is 14.6. The van der Waals surface area contributed by atoms with Gasteiger partial charge < -0.3 is 10.2 Å². The normalized spacial score (nSPS) is 16.8. The molecule has 0 radical (unpaired) electrons. The van der Waals surface area contributed by atoms with Crippen molar-refractivity contribution < 1.29 is 4.79 Å². The molecule has 1 aliphatic rings. The lowest BCUT2D eigenvalue weighted by Gasteiger charge is -2.33. The minimum Gasteiger partial charge on any atom is -0.345 e. The van der Waals surface area contributed by atoms with Crippen molar-refractivity contribution in [2.75, 3.05) is 26.7 Å². The van der Waals surface area contributed by atoms with E-state index in [2.05, 4.69) is 57.3 Å². The molecule has 2 rings (SSSR count). The molecule has 1 heterocycles. The monoisotopic (exact) mass is 366 g/mol. The number of aryl methyl sites for hydroxylation is 1. The minimum absolute atomic E-state index is 0. The smallest absolute Gasteiger partial charge is 0.222 e. The van der Waals surface area contributed by atoms with Crippen LogP contribution in [0.25, 0.3) is 0 Å². The van der Waals surface area contributed by atoms with Gasteiger partial charge in [-0.05, 0) is 50.3 Å². The fourth-order valence-corrected chi connectivity index (χ4v) is 3.79. The molecule has 3 nitrogen and oxygen atoms in total. The first-order valence-electron chi connectivity index (χ1n) is 9.31. The predicted octanol–water partition coefficient (Wildman–Crippen LogP) is 4.18. The zero-order valence-electron chi connectivity index (χ0n) is 16.5. The molecule has 1 aliphatic heterocycles. The van der Waals surface area contributed by atoms with Gasteiger partial charge in [-0.15, -0.1) is 12.4 Å². The van der Waals surface area contributed by atoms with Crippen molar-refractivity contribution in [2.24, 2.45) is 11.8 Å². The van der Waals surface area contributed by atoms with Crippen LogP contribution < -0.4 is 5.32 Å². The lowest BCUT2D eigenvalue weighted by molar-refractivity contribution is -0.132. The molecule has 0 saturated carbocycles. The maximum absolute atomic E-state index is 12.7. The summed E-state index contributed by atoms with van der Waals surface area (Å²) in [6.45, 7) is 11.7. The molecule has 4 heteroatoms. The van der Waals surface area contributed by atoms with E-state index in [0.717, 1.165) is 19.6 Å². The number of benzene rings is 1. The summed E-state index contributed by atoms with van der Waals surface area (Å²) in [5, 5.41) is 3.40. The third-order valence-electron chi connectivity index (χ3n) is 5.58. The summed E-state index contributed by atoms with van der Waals surface area (Å²) < 4.78 is 0. The molecular weight excluding hydrogens is 332 g/mol. The second kappa shape index (κ2) is 9.59. The average Bonchev–Trinajstić information content (AvgIpc) is 2.55. The Bertz CT molecular complexity index is 535. The molecule has 1 amide bonds. The topological polar surface area (TPSA) is 32.3 Å². The number of nitrogens with zero attached hydrogens (tertiary/aromatic N) is 1. The van der Waals surface area contributed by atoms with Crippen molar-refractivity contribution >= 4 is 18.3 Å². The Morgan fingerprint density at radius 1 is 1.24 bits per heavy atom. The predicted molar refractivity (Wildman–Crippen MR) is 108 cm³/mol. The van der Waals surface area contributed by atoms with Gasteiger partial charge >= 0.3 is 0 Å². The summed E-state index contributed by atoms with van der Waals surface area (Å²) in [6, 6.07) is 8.67. The van der Waals surface area contributed by atoms with Crippen LogP contribution >= 0.6 is 12.4 Å². The Labute approximate surface area is 160 Å². The van der Waals surface area contributed by atoms with Crippen LogP contribution in [0.5, 0.6) is 0 Å². The molecule has 1 unspecified atom stereocenters. The number of carbonyl (C=O) groups is 1. The van der Waals surface area contributed by atoms with Crippen LogP contribution in [0.15, 0.2) is 24.3 Å². The molecule has 1 aromatic carbocycles. The molecule has 1 aromatic rings. The van der Waals surface area contributed by atoms with Crippen LogP contribution in [0.1, 0.15) is 51.2 Å². The average molecular weight is 367 g/mol. The van der Waals surface area contributed by atoms with Gasteiger partial charge in [-0.1, -0.05) is 50.6 Å². The lowest BCUT2D eigenvalue weighted by atomic mass is 9.82. The maximum atomic E-state index is 12.7. The quantitative estimate of drug-likeness (QED) is 0.819. The number of hydrogen-bond acceptors (Lipinski definition) is 2. The first-order chi connectivity index (χ1) is 11.3. The van der Waals surface area contributed by atoms with Gasteiger partial charge in [0.05, 0.1) is 0 Å². The summed E-state index contributed by atoms with van der Waals surface area (Å²) in [5.74, 6) is 1.44. The number of nitrogens with one attached hydrogen (secondary N) is 1. The number of rotatable bonds is 6. The Morgan fingerprint density at radius 3 is 2.36 bits per heavy atom. The Hall–Kier alpha value is -1.06. The van der Waals surface area contributed by atoms with Crippen LogP contribution in [-0.2, 0) is 10.2 Å². The minimum atomic E-state index is -0.0316. The first kappa shape index (κ1) is 22.0. The van der Waals surface area contributed by atoms with E-state index in [4.69, 9.17) is 0 Å². The molecule has 0 aromatic heterocycles. The van der Waals surface area contributed by atoms with Gasteiger partial charge in [-0.25, -0.2) is 0 Å². The highest BCUT2D eigenvalue weighted by molar-refractivity contribution is 5.85. The summed E-state index contributed by atoms with van der Waals surface area (Å²) in [5.41, 5.74) is 2.53. The molecule has 0 spiro atoms. The fraction of sp³-hybridized carbons (Fsp3) is 0.667. The van der Waals surface area contributed by atoms with Crippen LogP contribution in [-0.4, -0.2) is 37.5 Å². The highest BCUT2D eigenvalue weighted by atomic mass is 35.5. The molecule has 25 heavy (non-hydrogen) atoms. The first-order valence-corrected chi connectivity index (χ1v) is 9.31. The highest BCUT2D eigenvalue weighted by Crippen LogP contribution is 2.27. The SMILES string of the molecule is Cc1ccc(C(C)(C)CN(C)C(=O)CC(C)C2CCNCC2)cc1.Cl. The molecule has 0 bridgehead atoms. The molecule has 0 aliphatic carbocycles. The second-order valence-electron chi connectivity index (χ2n) is 8.27. The van der Waals surface area contributed by atoms with E-state index in [-0.39, 0.29) is 23.7 Å².